The van der Waals surface area contributed by atoms with Crippen LogP contribution in [-0.4, -0.2) is 39.3 Å². The fraction of sp³-hybridized carbons (Fsp3) is 0.600. The van der Waals surface area contributed by atoms with Crippen LogP contribution in [0.2, 0.25) is 0 Å². The van der Waals surface area contributed by atoms with E-state index >= 15 is 0 Å². The zero-order valence-electron chi connectivity index (χ0n) is 6.77. The third-order valence-electron chi connectivity index (χ3n) is 1.24. The summed E-state index contributed by atoms with van der Waals surface area (Å²) in [4.78, 5) is 10.3. The van der Waals surface area contributed by atoms with Crippen LogP contribution in [0.5, 0.6) is 0 Å². The maximum Gasteiger partial charge on any atom is 0.243 e. The first kappa shape index (κ1) is 9.81. The Labute approximate surface area is 78.8 Å². The van der Waals surface area contributed by atoms with Crippen molar-refractivity contribution in [2.75, 3.05) is 13.2 Å². The second-order valence-corrected chi connectivity index (χ2v) is 2.62. The van der Waals surface area contributed by atoms with Gasteiger partial charge >= 0.3 is 0 Å². The second-order valence-electron chi connectivity index (χ2n) is 2.25. The van der Waals surface area contributed by atoms with Crippen molar-refractivity contribution in [3.8, 4) is 0 Å². The number of hydrogen-bond acceptors (Lipinski definition) is 5. The van der Waals surface area contributed by atoms with E-state index in [-0.39, 0.29) is 6.61 Å². The molecule has 0 unspecified atom stereocenters. The van der Waals surface area contributed by atoms with Crippen molar-refractivity contribution in [3.05, 3.63) is 4.77 Å². The molecule has 13 heavy (non-hydrogen) atoms. The van der Waals surface area contributed by atoms with Crippen molar-refractivity contribution in [2.24, 2.45) is 5.73 Å². The van der Waals surface area contributed by atoms with Crippen molar-refractivity contribution in [3.63, 3.8) is 0 Å². The van der Waals surface area contributed by atoms with Crippen LogP contribution in [0, 0.1) is 4.77 Å². The number of hydrogen-bond donors (Lipinski definition) is 2. The molecule has 0 bridgehead atoms. The maximum absolute atomic E-state index is 10.3. The van der Waals surface area contributed by atoms with Gasteiger partial charge in [-0.3, -0.25) is 4.79 Å². The molecule has 1 amide bonds. The Kier molecular flexibility index (Phi) is 3.53. The number of nitrogens with one attached hydrogen (secondary N) is 1. The van der Waals surface area contributed by atoms with E-state index in [9.17, 15) is 4.79 Å². The Balaban J connectivity index is 2.24. The number of nitrogens with zero attached hydrogens (tertiary/aromatic N) is 3. The highest BCUT2D eigenvalue weighted by Gasteiger charge is 1.96. The highest BCUT2D eigenvalue weighted by molar-refractivity contribution is 7.71. The van der Waals surface area contributed by atoms with Gasteiger partial charge in [0.1, 0.15) is 6.61 Å². The summed E-state index contributed by atoms with van der Waals surface area (Å²) in [6.45, 7) is 0.717. The molecule has 0 aliphatic carbocycles. The zero-order valence-corrected chi connectivity index (χ0v) is 7.58. The minimum absolute atomic E-state index is 0.0884. The van der Waals surface area contributed by atoms with Gasteiger partial charge in [0.15, 0.2) is 0 Å². The Morgan fingerprint density at radius 3 is 3.08 bits per heavy atom. The van der Waals surface area contributed by atoms with Crippen LogP contribution in [0.15, 0.2) is 0 Å². The molecule has 0 atom stereocenters. The molecule has 1 aromatic heterocycles. The molecule has 0 spiro atoms. The summed E-state index contributed by atoms with van der Waals surface area (Å²) in [5.74, 6) is -0.494. The summed E-state index contributed by atoms with van der Waals surface area (Å²) in [7, 11) is 0. The number of aromatic amines is 1. The number of rotatable bonds is 5. The molecule has 72 valence electrons. The van der Waals surface area contributed by atoms with Crippen LogP contribution in [0.25, 0.3) is 0 Å². The average Bonchev–Trinajstić information content (AvgIpc) is 2.45. The highest BCUT2D eigenvalue weighted by atomic mass is 32.1. The van der Waals surface area contributed by atoms with Gasteiger partial charge in [-0.25, -0.2) is 4.68 Å². The Morgan fingerprint density at radius 2 is 2.54 bits per heavy atom. The van der Waals surface area contributed by atoms with E-state index in [0.717, 1.165) is 0 Å². The summed E-state index contributed by atoms with van der Waals surface area (Å²) in [5, 5.41) is 9.58. The van der Waals surface area contributed by atoms with Crippen LogP contribution in [0.4, 0.5) is 0 Å². The van der Waals surface area contributed by atoms with Gasteiger partial charge in [0.2, 0.25) is 10.7 Å². The van der Waals surface area contributed by atoms with Crippen LogP contribution in [-0.2, 0) is 16.1 Å². The van der Waals surface area contributed by atoms with Crippen LogP contribution in [0.3, 0.4) is 0 Å². The molecular formula is C5H9N5O2S. The smallest absolute Gasteiger partial charge is 0.243 e. The Hall–Kier alpha value is -1.28. The molecule has 8 heteroatoms. The van der Waals surface area contributed by atoms with E-state index in [2.05, 4.69) is 15.5 Å². The van der Waals surface area contributed by atoms with Gasteiger partial charge in [-0.05, 0) is 12.2 Å². The normalized spacial score (nSPS) is 10.2. The molecule has 0 radical (unpaired) electrons. The number of ether oxygens (including phenoxy) is 1. The summed E-state index contributed by atoms with van der Waals surface area (Å²) in [5.41, 5.74) is 4.86. The van der Waals surface area contributed by atoms with E-state index < -0.39 is 5.91 Å². The first-order chi connectivity index (χ1) is 6.20. The summed E-state index contributed by atoms with van der Waals surface area (Å²) >= 11 is 4.80. The third kappa shape index (κ3) is 3.30. The van der Waals surface area contributed by atoms with E-state index in [4.69, 9.17) is 22.7 Å². The maximum atomic E-state index is 10.3. The van der Waals surface area contributed by atoms with E-state index in [1.807, 2.05) is 0 Å². The molecule has 1 heterocycles. The third-order valence-corrected chi connectivity index (χ3v) is 1.54. The molecule has 0 aliphatic heterocycles. The lowest BCUT2D eigenvalue weighted by atomic mass is 10.6. The Morgan fingerprint density at radius 1 is 1.77 bits per heavy atom. The second kappa shape index (κ2) is 4.67. The van der Waals surface area contributed by atoms with E-state index in [0.29, 0.717) is 17.9 Å². The SMILES string of the molecule is NC(=O)COCCn1[nH]nnc1=S. The lowest BCUT2D eigenvalue weighted by Crippen LogP contribution is -2.20. The van der Waals surface area contributed by atoms with Crippen molar-refractivity contribution in [1.82, 2.24) is 20.2 Å². The van der Waals surface area contributed by atoms with Gasteiger partial charge in [0, 0.05) is 0 Å². The summed E-state index contributed by atoms with van der Waals surface area (Å²) in [6.07, 6.45) is 0. The first-order valence-corrected chi connectivity index (χ1v) is 3.95. The number of tetrazole rings is 1. The first-order valence-electron chi connectivity index (χ1n) is 3.54. The van der Waals surface area contributed by atoms with Gasteiger partial charge in [-0.2, -0.15) is 5.21 Å². The molecule has 0 saturated carbocycles. The monoisotopic (exact) mass is 203 g/mol. The van der Waals surface area contributed by atoms with Gasteiger partial charge in [0.05, 0.1) is 13.2 Å². The molecule has 1 rings (SSSR count). The molecule has 1 aromatic rings. The summed E-state index contributed by atoms with van der Waals surface area (Å²) < 4.78 is 6.78. The van der Waals surface area contributed by atoms with Crippen molar-refractivity contribution in [2.45, 2.75) is 6.54 Å². The highest BCUT2D eigenvalue weighted by Crippen LogP contribution is 1.84. The van der Waals surface area contributed by atoms with Crippen LogP contribution < -0.4 is 5.73 Å². The van der Waals surface area contributed by atoms with E-state index in [1.165, 1.54) is 4.68 Å². The van der Waals surface area contributed by atoms with Crippen molar-refractivity contribution >= 4 is 18.1 Å². The standard InChI is InChI=1S/C5H9N5O2S/c6-4(11)3-12-2-1-10-5(13)7-8-9-10/h1-3H2,(H2,6,11)(H,7,9,13). The van der Waals surface area contributed by atoms with Crippen LogP contribution >= 0.6 is 12.2 Å². The number of aromatic nitrogens is 4. The fourth-order valence-electron chi connectivity index (χ4n) is 0.690. The topological polar surface area (TPSA) is 98.8 Å². The predicted octanol–water partition coefficient (Wildman–Crippen LogP) is -1.16. The molecule has 7 nitrogen and oxygen atoms in total. The van der Waals surface area contributed by atoms with E-state index in [1.54, 1.807) is 0 Å². The molecule has 0 fully saturated rings. The fourth-order valence-corrected chi connectivity index (χ4v) is 0.863. The zero-order chi connectivity index (χ0) is 9.68. The largest absolute Gasteiger partial charge is 0.370 e. The van der Waals surface area contributed by atoms with Crippen molar-refractivity contribution in [1.29, 1.82) is 0 Å². The number of amides is 1. The minimum Gasteiger partial charge on any atom is -0.370 e. The molecule has 0 saturated heterocycles. The van der Waals surface area contributed by atoms with Crippen LogP contribution in [0.1, 0.15) is 0 Å². The quantitative estimate of drug-likeness (QED) is 0.464. The number of nitrogens with two attached hydrogens (primary N) is 1. The number of carbonyl (C=O) groups excluding carboxylic acids is 1. The molecular weight excluding hydrogens is 194 g/mol. The molecule has 0 aliphatic rings. The minimum atomic E-state index is -0.494. The Bertz CT molecular complexity index is 332. The van der Waals surface area contributed by atoms with Crippen molar-refractivity contribution < 1.29 is 9.53 Å². The molecule has 3 N–H and O–H groups in total. The average molecular weight is 203 g/mol. The molecule has 0 aromatic carbocycles. The van der Waals surface area contributed by atoms with Gasteiger partial charge in [0.25, 0.3) is 0 Å². The van der Waals surface area contributed by atoms with Gasteiger partial charge < -0.3 is 10.5 Å². The number of primary amides is 1. The van der Waals surface area contributed by atoms with Gasteiger partial charge in [-0.15, -0.1) is 0 Å². The van der Waals surface area contributed by atoms with Gasteiger partial charge in [-0.1, -0.05) is 10.3 Å². The number of carbonyl (C=O) groups is 1. The summed E-state index contributed by atoms with van der Waals surface area (Å²) in [6, 6.07) is 0. The lowest BCUT2D eigenvalue weighted by molar-refractivity contribution is -0.122. The number of H-pyrrole nitrogens is 1. The lowest BCUT2D eigenvalue weighted by Gasteiger charge is -2.00. The predicted molar refractivity (Wildman–Crippen MR) is 45.2 cm³/mol.